The van der Waals surface area contributed by atoms with Gasteiger partial charge in [-0.3, -0.25) is 9.59 Å². The molecule has 0 aliphatic heterocycles. The third-order valence-electron chi connectivity index (χ3n) is 4.01. The fourth-order valence-electron chi connectivity index (χ4n) is 2.48. The second kappa shape index (κ2) is 9.69. The number of halogens is 4. The van der Waals surface area contributed by atoms with Crippen molar-refractivity contribution in [1.82, 2.24) is 10.6 Å². The van der Waals surface area contributed by atoms with E-state index in [4.69, 9.17) is 16.0 Å². The molecule has 0 saturated heterocycles. The number of anilines is 1. The van der Waals surface area contributed by atoms with Crippen molar-refractivity contribution >= 4 is 29.1 Å². The molecule has 1 aromatic heterocycles. The summed E-state index contributed by atoms with van der Waals surface area (Å²) in [5, 5.41) is 8.01. The van der Waals surface area contributed by atoms with Crippen LogP contribution in [0, 0.1) is 5.92 Å². The molecule has 0 aliphatic carbocycles. The van der Waals surface area contributed by atoms with Crippen LogP contribution in [0.3, 0.4) is 0 Å². The third-order valence-corrected chi connectivity index (χ3v) is 4.32. The molecule has 0 radical (unpaired) electrons. The maximum Gasteiger partial charge on any atom is 0.416 e. The SMILES string of the molecule is CC(C)[C@H](Nc1ccc(C(F)(F)F)cc1Cl)C(=O)NCCNC(=O)c1ccco1. The van der Waals surface area contributed by atoms with E-state index < -0.39 is 23.7 Å². The van der Waals surface area contributed by atoms with Crippen molar-refractivity contribution in [3.05, 3.63) is 52.9 Å². The third kappa shape index (κ3) is 6.42. The Bertz CT molecular complexity index is 839. The van der Waals surface area contributed by atoms with Gasteiger partial charge in [0.05, 0.1) is 22.5 Å². The normalized spacial score (nSPS) is 12.5. The zero-order chi connectivity index (χ0) is 21.6. The van der Waals surface area contributed by atoms with Gasteiger partial charge in [0, 0.05) is 13.1 Å². The van der Waals surface area contributed by atoms with Gasteiger partial charge >= 0.3 is 6.18 Å². The number of carbonyl (C=O) groups is 2. The molecule has 2 aromatic rings. The van der Waals surface area contributed by atoms with Crippen molar-refractivity contribution in [3.63, 3.8) is 0 Å². The van der Waals surface area contributed by atoms with Crippen LogP contribution in [0.4, 0.5) is 18.9 Å². The summed E-state index contributed by atoms with van der Waals surface area (Å²) in [6.45, 7) is 3.91. The minimum atomic E-state index is -4.50. The number of amides is 2. The van der Waals surface area contributed by atoms with Crippen molar-refractivity contribution < 1.29 is 27.2 Å². The molecule has 2 rings (SSSR count). The summed E-state index contributed by atoms with van der Waals surface area (Å²) in [5.74, 6) is -0.788. The van der Waals surface area contributed by atoms with Gasteiger partial charge in [-0.1, -0.05) is 25.4 Å². The number of furan rings is 1. The van der Waals surface area contributed by atoms with Crippen molar-refractivity contribution in [2.24, 2.45) is 5.92 Å². The molecule has 3 N–H and O–H groups in total. The van der Waals surface area contributed by atoms with Crippen LogP contribution in [0.25, 0.3) is 0 Å². The molecule has 1 atom stereocenters. The van der Waals surface area contributed by atoms with Gasteiger partial charge in [0.2, 0.25) is 5.91 Å². The highest BCUT2D eigenvalue weighted by molar-refractivity contribution is 6.33. The van der Waals surface area contributed by atoms with Crippen LogP contribution < -0.4 is 16.0 Å². The van der Waals surface area contributed by atoms with Crippen LogP contribution in [-0.2, 0) is 11.0 Å². The Hall–Kier alpha value is -2.68. The summed E-state index contributed by atoms with van der Waals surface area (Å²) in [6, 6.07) is 5.27. The van der Waals surface area contributed by atoms with Gasteiger partial charge in [-0.15, -0.1) is 0 Å². The minimum Gasteiger partial charge on any atom is -0.459 e. The molecule has 10 heteroatoms. The summed E-state index contributed by atoms with van der Waals surface area (Å²) in [4.78, 5) is 24.2. The summed E-state index contributed by atoms with van der Waals surface area (Å²) in [7, 11) is 0. The van der Waals surface area contributed by atoms with E-state index in [1.807, 2.05) is 0 Å². The lowest BCUT2D eigenvalue weighted by Gasteiger charge is -2.23. The molecule has 6 nitrogen and oxygen atoms in total. The Labute approximate surface area is 170 Å². The van der Waals surface area contributed by atoms with Crippen molar-refractivity contribution in [2.75, 3.05) is 18.4 Å². The highest BCUT2D eigenvalue weighted by Crippen LogP contribution is 2.34. The fraction of sp³-hybridized carbons (Fsp3) is 0.368. The first-order chi connectivity index (χ1) is 13.6. The minimum absolute atomic E-state index is 0.135. The molecule has 1 aromatic carbocycles. The summed E-state index contributed by atoms with van der Waals surface area (Å²) >= 11 is 5.95. The smallest absolute Gasteiger partial charge is 0.416 e. The van der Waals surface area contributed by atoms with Gasteiger partial charge in [0.15, 0.2) is 5.76 Å². The maximum atomic E-state index is 12.8. The predicted octanol–water partition coefficient (Wildman–Crippen LogP) is 3.93. The van der Waals surface area contributed by atoms with Crippen LogP contribution in [0.1, 0.15) is 30.0 Å². The second-order valence-electron chi connectivity index (χ2n) is 6.58. The molecule has 1 heterocycles. The lowest BCUT2D eigenvalue weighted by molar-refractivity contribution is -0.137. The number of hydrogen-bond donors (Lipinski definition) is 3. The first-order valence-electron chi connectivity index (χ1n) is 8.82. The molecule has 0 bridgehead atoms. The quantitative estimate of drug-likeness (QED) is 0.553. The standard InChI is InChI=1S/C19H21ClF3N3O3/c1-11(2)16(26-14-6-5-12(10-13(14)20)19(21,22)23)18(28)25-8-7-24-17(27)15-4-3-9-29-15/h3-6,9-11,16,26H,7-8H2,1-2H3,(H,24,27)(H,25,28)/t16-/m0/s1. The summed E-state index contributed by atoms with van der Waals surface area (Å²) in [5.41, 5.74) is -0.648. The predicted molar refractivity (Wildman–Crippen MR) is 103 cm³/mol. The Balaban J connectivity index is 1.91. The molecular formula is C19H21ClF3N3O3. The lowest BCUT2D eigenvalue weighted by Crippen LogP contribution is -2.45. The summed E-state index contributed by atoms with van der Waals surface area (Å²) in [6.07, 6.45) is -3.13. The Morgan fingerprint density at radius 1 is 1.14 bits per heavy atom. The van der Waals surface area contributed by atoms with E-state index in [0.29, 0.717) is 0 Å². The van der Waals surface area contributed by atoms with Gasteiger partial charge in [-0.2, -0.15) is 13.2 Å². The first-order valence-corrected chi connectivity index (χ1v) is 9.20. The van der Waals surface area contributed by atoms with Crippen LogP contribution in [0.5, 0.6) is 0 Å². The zero-order valence-corrected chi connectivity index (χ0v) is 16.5. The number of benzene rings is 1. The fourth-order valence-corrected chi connectivity index (χ4v) is 2.71. The molecule has 0 spiro atoms. The number of rotatable bonds is 8. The lowest BCUT2D eigenvalue weighted by atomic mass is 10.0. The molecule has 0 fully saturated rings. The maximum absolute atomic E-state index is 12.8. The second-order valence-corrected chi connectivity index (χ2v) is 6.99. The van der Waals surface area contributed by atoms with Gasteiger partial charge in [-0.25, -0.2) is 0 Å². The Kier molecular flexibility index (Phi) is 7.55. The van der Waals surface area contributed by atoms with E-state index in [-0.39, 0.29) is 41.4 Å². The topological polar surface area (TPSA) is 83.4 Å². The van der Waals surface area contributed by atoms with E-state index in [1.54, 1.807) is 19.9 Å². The molecule has 0 unspecified atom stereocenters. The van der Waals surface area contributed by atoms with Gasteiger partial charge in [-0.05, 0) is 36.2 Å². The average Bonchev–Trinajstić information content (AvgIpc) is 3.17. The largest absolute Gasteiger partial charge is 0.459 e. The van der Waals surface area contributed by atoms with Crippen LogP contribution in [0.2, 0.25) is 5.02 Å². The van der Waals surface area contributed by atoms with Crippen LogP contribution >= 0.6 is 11.6 Å². The molecule has 158 valence electrons. The molecule has 29 heavy (non-hydrogen) atoms. The van der Waals surface area contributed by atoms with E-state index >= 15 is 0 Å². The Morgan fingerprint density at radius 2 is 1.83 bits per heavy atom. The van der Waals surface area contributed by atoms with Crippen molar-refractivity contribution in [1.29, 1.82) is 0 Å². The number of carbonyl (C=O) groups excluding carboxylic acids is 2. The van der Waals surface area contributed by atoms with Gasteiger partial charge in [0.1, 0.15) is 6.04 Å². The monoisotopic (exact) mass is 431 g/mol. The number of alkyl halides is 3. The van der Waals surface area contributed by atoms with E-state index in [0.717, 1.165) is 12.1 Å². The van der Waals surface area contributed by atoms with Crippen LogP contribution in [-0.4, -0.2) is 30.9 Å². The molecule has 2 amide bonds. The summed E-state index contributed by atoms with van der Waals surface area (Å²) < 4.78 is 43.2. The van der Waals surface area contributed by atoms with Crippen molar-refractivity contribution in [3.8, 4) is 0 Å². The number of hydrogen-bond acceptors (Lipinski definition) is 4. The zero-order valence-electron chi connectivity index (χ0n) is 15.8. The molecular weight excluding hydrogens is 411 g/mol. The first kappa shape index (κ1) is 22.6. The van der Waals surface area contributed by atoms with E-state index in [9.17, 15) is 22.8 Å². The van der Waals surface area contributed by atoms with Crippen molar-refractivity contribution in [2.45, 2.75) is 26.1 Å². The highest BCUT2D eigenvalue weighted by atomic mass is 35.5. The van der Waals surface area contributed by atoms with Gasteiger partial charge < -0.3 is 20.4 Å². The highest BCUT2D eigenvalue weighted by Gasteiger charge is 2.31. The average molecular weight is 432 g/mol. The Morgan fingerprint density at radius 3 is 2.38 bits per heavy atom. The number of nitrogens with one attached hydrogen (secondary N) is 3. The van der Waals surface area contributed by atoms with Gasteiger partial charge in [0.25, 0.3) is 5.91 Å². The van der Waals surface area contributed by atoms with E-state index in [1.165, 1.54) is 18.4 Å². The van der Waals surface area contributed by atoms with Crippen LogP contribution in [0.15, 0.2) is 41.0 Å². The molecule has 0 saturated carbocycles. The van der Waals surface area contributed by atoms with E-state index in [2.05, 4.69) is 16.0 Å². The molecule has 0 aliphatic rings.